The maximum absolute atomic E-state index is 10.2. The highest BCUT2D eigenvalue weighted by atomic mass is 16.7. The molecule has 0 aromatic rings. The van der Waals surface area contributed by atoms with Gasteiger partial charge in [-0.1, -0.05) is 97.3 Å². The van der Waals surface area contributed by atoms with Crippen molar-refractivity contribution in [2.45, 2.75) is 147 Å². The molecule has 0 amide bonds. The number of hydrogen-bond acceptors (Lipinski definition) is 7. The van der Waals surface area contributed by atoms with Crippen LogP contribution in [0.1, 0.15) is 110 Å². The number of ether oxygens (including phenoxy) is 3. The summed E-state index contributed by atoms with van der Waals surface area (Å²) in [5.74, 6) is 0. The summed E-state index contributed by atoms with van der Waals surface area (Å²) in [4.78, 5) is 0. The summed E-state index contributed by atoms with van der Waals surface area (Å²) in [6.07, 6.45) is 11.8. The Balaban J connectivity index is 2.38. The van der Waals surface area contributed by atoms with Crippen LogP contribution in [-0.2, 0) is 14.2 Å². The van der Waals surface area contributed by atoms with Gasteiger partial charge >= 0.3 is 0 Å². The van der Waals surface area contributed by atoms with Crippen molar-refractivity contribution in [3.05, 3.63) is 0 Å². The van der Waals surface area contributed by atoms with E-state index >= 15 is 0 Å². The van der Waals surface area contributed by atoms with Gasteiger partial charge < -0.3 is 34.6 Å². The van der Waals surface area contributed by atoms with Crippen LogP contribution in [0.5, 0.6) is 0 Å². The Kier molecular flexibility index (Phi) is 18.6. The maximum Gasteiger partial charge on any atom is 0.186 e. The van der Waals surface area contributed by atoms with Gasteiger partial charge in [0.1, 0.15) is 24.4 Å². The molecule has 1 heterocycles. The van der Waals surface area contributed by atoms with E-state index in [0.29, 0.717) is 6.61 Å². The molecule has 1 aliphatic heterocycles. The summed E-state index contributed by atoms with van der Waals surface area (Å²) in [6, 6.07) is 0. The molecule has 33 heavy (non-hydrogen) atoms. The van der Waals surface area contributed by atoms with Gasteiger partial charge in [-0.15, -0.1) is 0 Å². The lowest BCUT2D eigenvalue weighted by molar-refractivity contribution is -0.305. The van der Waals surface area contributed by atoms with Crippen molar-refractivity contribution in [1.29, 1.82) is 0 Å². The Hall–Kier alpha value is -0.280. The van der Waals surface area contributed by atoms with Crippen molar-refractivity contribution in [2.24, 2.45) is 0 Å². The van der Waals surface area contributed by atoms with E-state index in [4.69, 9.17) is 14.2 Å². The first-order valence-corrected chi connectivity index (χ1v) is 13.6. The zero-order chi connectivity index (χ0) is 24.3. The number of hydrogen-bond donors (Lipinski definition) is 4. The van der Waals surface area contributed by atoms with Crippen LogP contribution in [0.3, 0.4) is 0 Å². The average molecular weight is 477 g/mol. The molecule has 4 N–H and O–H groups in total. The second-order valence-electron chi connectivity index (χ2n) is 9.55. The fraction of sp³-hybridized carbons (Fsp3) is 1.00. The standard InChI is InChI=1S/C26H52O7/c1-3-5-7-9-11-12-14-16-18-31-21(17-15-13-10-8-6-4-2)20-32-26-25(30)24(29)23(28)22(19-27)33-26/h21-30H,3-20H2,1-2H3/t21?,22-,23-,24+,25-,26-/m1/s1. The van der Waals surface area contributed by atoms with E-state index < -0.39 is 37.3 Å². The first-order valence-electron chi connectivity index (χ1n) is 13.6. The summed E-state index contributed by atoms with van der Waals surface area (Å²) in [6.45, 7) is 4.93. The molecule has 0 radical (unpaired) electrons. The molecule has 1 aliphatic rings. The van der Waals surface area contributed by atoms with Crippen molar-refractivity contribution in [3.63, 3.8) is 0 Å². The molecule has 1 fully saturated rings. The van der Waals surface area contributed by atoms with Crippen LogP contribution in [0.2, 0.25) is 0 Å². The van der Waals surface area contributed by atoms with Crippen LogP contribution >= 0.6 is 0 Å². The third kappa shape index (κ3) is 13.4. The maximum atomic E-state index is 10.2. The van der Waals surface area contributed by atoms with Gasteiger partial charge in [0.05, 0.1) is 19.3 Å². The lowest BCUT2D eigenvalue weighted by Gasteiger charge is -2.40. The highest BCUT2D eigenvalue weighted by Crippen LogP contribution is 2.23. The molecule has 1 unspecified atom stereocenters. The van der Waals surface area contributed by atoms with Gasteiger partial charge in [0.2, 0.25) is 0 Å². The van der Waals surface area contributed by atoms with Crippen molar-refractivity contribution in [3.8, 4) is 0 Å². The van der Waals surface area contributed by atoms with Gasteiger partial charge in [-0.2, -0.15) is 0 Å². The summed E-state index contributed by atoms with van der Waals surface area (Å²) in [7, 11) is 0. The highest BCUT2D eigenvalue weighted by molar-refractivity contribution is 4.89. The number of aliphatic hydroxyl groups excluding tert-OH is 4. The van der Waals surface area contributed by atoms with Crippen molar-refractivity contribution >= 4 is 0 Å². The Bertz CT molecular complexity index is 435. The minimum atomic E-state index is -1.42. The number of aliphatic hydroxyl groups is 4. The normalized spacial score (nSPS) is 26.5. The Morgan fingerprint density at radius 1 is 0.697 bits per heavy atom. The molecule has 0 spiro atoms. The van der Waals surface area contributed by atoms with E-state index in [0.717, 1.165) is 25.7 Å². The van der Waals surface area contributed by atoms with Crippen LogP contribution < -0.4 is 0 Å². The lowest BCUT2D eigenvalue weighted by atomic mass is 9.99. The fourth-order valence-corrected chi connectivity index (χ4v) is 4.26. The van der Waals surface area contributed by atoms with Crippen molar-refractivity contribution < 1.29 is 34.6 Å². The average Bonchev–Trinajstić information content (AvgIpc) is 2.82. The van der Waals surface area contributed by atoms with Crippen LogP contribution in [0.4, 0.5) is 0 Å². The van der Waals surface area contributed by atoms with Gasteiger partial charge in [-0.05, 0) is 12.8 Å². The van der Waals surface area contributed by atoms with Crippen LogP contribution in [-0.4, -0.2) is 77.1 Å². The first-order chi connectivity index (χ1) is 16.0. The zero-order valence-electron chi connectivity index (χ0n) is 21.2. The van der Waals surface area contributed by atoms with Crippen LogP contribution in [0.25, 0.3) is 0 Å². The molecule has 6 atom stereocenters. The quantitative estimate of drug-likeness (QED) is 0.185. The molecule has 0 bridgehead atoms. The minimum Gasteiger partial charge on any atom is -0.394 e. The first kappa shape index (κ1) is 30.8. The predicted octanol–water partition coefficient (Wildman–Crippen LogP) is 4.08. The molecule has 1 saturated heterocycles. The minimum absolute atomic E-state index is 0.104. The Labute approximate surface area is 201 Å². The van der Waals surface area contributed by atoms with E-state index in [2.05, 4.69) is 13.8 Å². The van der Waals surface area contributed by atoms with E-state index in [1.54, 1.807) is 0 Å². The van der Waals surface area contributed by atoms with Gasteiger partial charge in [0.15, 0.2) is 6.29 Å². The van der Waals surface area contributed by atoms with Gasteiger partial charge in [0, 0.05) is 6.61 Å². The number of unbranched alkanes of at least 4 members (excludes halogenated alkanes) is 12. The summed E-state index contributed by atoms with van der Waals surface area (Å²) < 4.78 is 17.3. The lowest BCUT2D eigenvalue weighted by Crippen LogP contribution is -2.59. The molecule has 0 aromatic heterocycles. The van der Waals surface area contributed by atoms with Crippen LogP contribution in [0, 0.1) is 0 Å². The molecule has 0 aliphatic carbocycles. The van der Waals surface area contributed by atoms with E-state index in [-0.39, 0.29) is 12.7 Å². The van der Waals surface area contributed by atoms with E-state index in [1.165, 1.54) is 70.6 Å². The Morgan fingerprint density at radius 3 is 1.82 bits per heavy atom. The summed E-state index contributed by atoms with van der Waals surface area (Å²) in [5, 5.41) is 39.5. The topological polar surface area (TPSA) is 109 Å². The molecule has 0 saturated carbocycles. The fourth-order valence-electron chi connectivity index (χ4n) is 4.26. The molecule has 198 valence electrons. The molecule has 0 aromatic carbocycles. The van der Waals surface area contributed by atoms with Crippen molar-refractivity contribution in [1.82, 2.24) is 0 Å². The number of rotatable bonds is 21. The van der Waals surface area contributed by atoms with Crippen molar-refractivity contribution in [2.75, 3.05) is 19.8 Å². The van der Waals surface area contributed by atoms with E-state index in [9.17, 15) is 20.4 Å². The van der Waals surface area contributed by atoms with Gasteiger partial charge in [-0.25, -0.2) is 0 Å². The van der Waals surface area contributed by atoms with Gasteiger partial charge in [-0.3, -0.25) is 0 Å². The third-order valence-electron chi connectivity index (χ3n) is 6.53. The molecular weight excluding hydrogens is 424 g/mol. The largest absolute Gasteiger partial charge is 0.394 e. The molecule has 7 nitrogen and oxygen atoms in total. The third-order valence-corrected chi connectivity index (χ3v) is 6.53. The SMILES string of the molecule is CCCCCCCCCCOC(CCCCCCCC)CO[C@@H]1O[C@H](CO)[C@@H](O)[C@H](O)[C@H]1O. The zero-order valence-corrected chi connectivity index (χ0v) is 21.2. The van der Waals surface area contributed by atoms with Gasteiger partial charge in [0.25, 0.3) is 0 Å². The van der Waals surface area contributed by atoms with E-state index in [1.807, 2.05) is 0 Å². The second-order valence-corrected chi connectivity index (χ2v) is 9.55. The second kappa shape index (κ2) is 20.0. The summed E-state index contributed by atoms with van der Waals surface area (Å²) >= 11 is 0. The summed E-state index contributed by atoms with van der Waals surface area (Å²) in [5.41, 5.74) is 0. The smallest absolute Gasteiger partial charge is 0.186 e. The molecule has 7 heteroatoms. The molecule has 1 rings (SSSR count). The van der Waals surface area contributed by atoms with Crippen LogP contribution in [0.15, 0.2) is 0 Å². The monoisotopic (exact) mass is 476 g/mol. The highest BCUT2D eigenvalue weighted by Gasteiger charge is 2.44. The molecular formula is C26H52O7. The predicted molar refractivity (Wildman–Crippen MR) is 130 cm³/mol. The Morgan fingerprint density at radius 2 is 1.24 bits per heavy atom.